The largest absolute Gasteiger partial charge is 0.435 e. The standard InChI is InChI=1S/C11H17NO3/c1-11(8-13,7-9-3-4-9)15-10(14)12-5-2-6-12/h8-9H,2-7H2,1H3. The van der Waals surface area contributed by atoms with Gasteiger partial charge in [0.25, 0.3) is 0 Å². The summed E-state index contributed by atoms with van der Waals surface area (Å²) < 4.78 is 5.26. The van der Waals surface area contributed by atoms with E-state index in [-0.39, 0.29) is 6.09 Å². The highest BCUT2D eigenvalue weighted by atomic mass is 16.6. The number of hydrogen-bond donors (Lipinski definition) is 0. The van der Waals surface area contributed by atoms with Crippen LogP contribution in [0.2, 0.25) is 0 Å². The van der Waals surface area contributed by atoms with Crippen LogP contribution in [0.4, 0.5) is 4.79 Å². The van der Waals surface area contributed by atoms with E-state index in [2.05, 4.69) is 0 Å². The summed E-state index contributed by atoms with van der Waals surface area (Å²) in [6.07, 6.45) is 4.46. The number of amides is 1. The van der Waals surface area contributed by atoms with Gasteiger partial charge in [-0.25, -0.2) is 4.79 Å². The minimum absolute atomic E-state index is 0.337. The predicted molar refractivity (Wildman–Crippen MR) is 54.5 cm³/mol. The van der Waals surface area contributed by atoms with Gasteiger partial charge in [0.15, 0.2) is 11.9 Å². The first kappa shape index (κ1) is 10.5. The molecule has 1 amide bonds. The van der Waals surface area contributed by atoms with Crippen LogP contribution in [0.5, 0.6) is 0 Å². The fourth-order valence-electron chi connectivity index (χ4n) is 1.77. The van der Waals surface area contributed by atoms with Crippen LogP contribution in [0.1, 0.15) is 32.6 Å². The molecule has 1 aliphatic carbocycles. The first-order valence-electron chi connectivity index (χ1n) is 5.57. The number of carbonyl (C=O) groups is 2. The second-order valence-corrected chi connectivity index (χ2v) is 4.79. The van der Waals surface area contributed by atoms with Crippen LogP contribution in [0.15, 0.2) is 0 Å². The Morgan fingerprint density at radius 2 is 2.20 bits per heavy atom. The Hall–Kier alpha value is -1.06. The number of rotatable bonds is 4. The third kappa shape index (κ3) is 2.49. The van der Waals surface area contributed by atoms with Crippen LogP contribution >= 0.6 is 0 Å². The van der Waals surface area contributed by atoms with Crippen molar-refractivity contribution in [3.8, 4) is 0 Å². The van der Waals surface area contributed by atoms with Gasteiger partial charge >= 0.3 is 6.09 Å². The van der Waals surface area contributed by atoms with Crippen molar-refractivity contribution < 1.29 is 14.3 Å². The molecule has 2 rings (SSSR count). The molecule has 15 heavy (non-hydrogen) atoms. The summed E-state index contributed by atoms with van der Waals surface area (Å²) >= 11 is 0. The Kier molecular flexibility index (Phi) is 2.67. The van der Waals surface area contributed by atoms with Crippen LogP contribution in [0.3, 0.4) is 0 Å². The molecule has 4 heteroatoms. The summed E-state index contributed by atoms with van der Waals surface area (Å²) in [4.78, 5) is 24.1. The normalized spacial score (nSPS) is 23.9. The van der Waals surface area contributed by atoms with E-state index in [1.807, 2.05) is 0 Å². The Balaban J connectivity index is 1.86. The molecule has 0 spiro atoms. The molecule has 84 valence electrons. The van der Waals surface area contributed by atoms with Crippen LogP contribution in [0.25, 0.3) is 0 Å². The Labute approximate surface area is 89.6 Å². The molecule has 1 aliphatic heterocycles. The lowest BCUT2D eigenvalue weighted by Crippen LogP contribution is -2.46. The monoisotopic (exact) mass is 211 g/mol. The van der Waals surface area contributed by atoms with Crippen molar-refractivity contribution in [2.75, 3.05) is 13.1 Å². The fraction of sp³-hybridized carbons (Fsp3) is 0.818. The maximum atomic E-state index is 11.5. The summed E-state index contributed by atoms with van der Waals surface area (Å²) in [6.45, 7) is 3.23. The Morgan fingerprint density at radius 3 is 2.60 bits per heavy atom. The van der Waals surface area contributed by atoms with Gasteiger partial charge in [-0.15, -0.1) is 0 Å². The maximum Gasteiger partial charge on any atom is 0.410 e. The maximum absolute atomic E-state index is 11.5. The van der Waals surface area contributed by atoms with E-state index < -0.39 is 5.60 Å². The SMILES string of the molecule is CC(C=O)(CC1CC1)OC(=O)N1CCC1. The van der Waals surface area contributed by atoms with Gasteiger partial charge in [0.05, 0.1) is 0 Å². The predicted octanol–water partition coefficient (Wildman–Crippen LogP) is 1.59. The lowest BCUT2D eigenvalue weighted by Gasteiger charge is -2.33. The topological polar surface area (TPSA) is 46.6 Å². The molecule has 0 aromatic carbocycles. The summed E-state index contributed by atoms with van der Waals surface area (Å²) in [5.41, 5.74) is -0.909. The highest BCUT2D eigenvalue weighted by Crippen LogP contribution is 2.37. The molecule has 1 saturated carbocycles. The summed E-state index contributed by atoms with van der Waals surface area (Å²) in [7, 11) is 0. The minimum Gasteiger partial charge on any atom is -0.435 e. The average Bonchev–Trinajstić information content (AvgIpc) is 2.84. The van der Waals surface area contributed by atoms with E-state index in [9.17, 15) is 9.59 Å². The molecular weight excluding hydrogens is 194 g/mol. The van der Waals surface area contributed by atoms with Gasteiger partial charge in [0, 0.05) is 13.1 Å². The molecule has 0 aromatic heterocycles. The highest BCUT2D eigenvalue weighted by Gasteiger charge is 2.37. The number of nitrogens with zero attached hydrogens (tertiary/aromatic N) is 1. The number of likely N-dealkylation sites (tertiary alicyclic amines) is 1. The molecule has 1 unspecified atom stereocenters. The molecule has 0 N–H and O–H groups in total. The van der Waals surface area contributed by atoms with E-state index in [0.717, 1.165) is 38.6 Å². The molecule has 1 saturated heterocycles. The lowest BCUT2D eigenvalue weighted by atomic mass is 10.0. The van der Waals surface area contributed by atoms with Gasteiger partial charge in [0.1, 0.15) is 0 Å². The van der Waals surface area contributed by atoms with Gasteiger partial charge < -0.3 is 9.64 Å². The third-order valence-corrected chi connectivity index (χ3v) is 3.07. The van der Waals surface area contributed by atoms with Crippen molar-refractivity contribution in [1.82, 2.24) is 4.90 Å². The minimum atomic E-state index is -0.909. The fourth-order valence-corrected chi connectivity index (χ4v) is 1.77. The molecule has 1 heterocycles. The van der Waals surface area contributed by atoms with Crippen LogP contribution in [-0.2, 0) is 9.53 Å². The molecule has 0 bridgehead atoms. The quantitative estimate of drug-likeness (QED) is 0.663. The third-order valence-electron chi connectivity index (χ3n) is 3.07. The number of carbonyl (C=O) groups excluding carboxylic acids is 2. The average molecular weight is 211 g/mol. The van der Waals surface area contributed by atoms with Gasteiger partial charge in [-0.3, -0.25) is 4.79 Å². The second kappa shape index (κ2) is 3.83. The molecule has 1 atom stereocenters. The van der Waals surface area contributed by atoms with Gasteiger partial charge in [-0.05, 0) is 25.7 Å². The zero-order valence-corrected chi connectivity index (χ0v) is 9.07. The summed E-state index contributed by atoms with van der Waals surface area (Å²) in [5.74, 6) is 0.574. The lowest BCUT2D eigenvalue weighted by molar-refractivity contribution is -0.125. The highest BCUT2D eigenvalue weighted by molar-refractivity contribution is 5.73. The molecular formula is C11H17NO3. The van der Waals surface area contributed by atoms with Crippen LogP contribution < -0.4 is 0 Å². The van der Waals surface area contributed by atoms with E-state index >= 15 is 0 Å². The van der Waals surface area contributed by atoms with Gasteiger partial charge in [-0.2, -0.15) is 0 Å². The van der Waals surface area contributed by atoms with E-state index in [4.69, 9.17) is 4.74 Å². The first-order chi connectivity index (χ1) is 7.13. The van der Waals surface area contributed by atoms with E-state index in [0.29, 0.717) is 12.3 Å². The zero-order chi connectivity index (χ0) is 10.9. The molecule has 0 radical (unpaired) electrons. The van der Waals surface area contributed by atoms with Crippen molar-refractivity contribution in [3.63, 3.8) is 0 Å². The molecule has 2 fully saturated rings. The number of hydrogen-bond acceptors (Lipinski definition) is 3. The number of ether oxygens (including phenoxy) is 1. The van der Waals surface area contributed by atoms with Crippen molar-refractivity contribution >= 4 is 12.4 Å². The van der Waals surface area contributed by atoms with Crippen LogP contribution in [0, 0.1) is 5.92 Å². The van der Waals surface area contributed by atoms with E-state index in [1.54, 1.807) is 11.8 Å². The van der Waals surface area contributed by atoms with Crippen LogP contribution in [-0.4, -0.2) is 36.0 Å². The van der Waals surface area contributed by atoms with Crippen molar-refractivity contribution in [2.24, 2.45) is 5.92 Å². The van der Waals surface area contributed by atoms with Crippen molar-refractivity contribution in [1.29, 1.82) is 0 Å². The Morgan fingerprint density at radius 1 is 1.53 bits per heavy atom. The van der Waals surface area contributed by atoms with Crippen molar-refractivity contribution in [2.45, 2.75) is 38.2 Å². The first-order valence-corrected chi connectivity index (χ1v) is 5.57. The molecule has 2 aliphatic rings. The second-order valence-electron chi connectivity index (χ2n) is 4.79. The molecule has 0 aromatic rings. The summed E-state index contributed by atoms with van der Waals surface area (Å²) in [6, 6.07) is 0. The van der Waals surface area contributed by atoms with Gasteiger partial charge in [0.2, 0.25) is 0 Å². The zero-order valence-electron chi connectivity index (χ0n) is 9.07. The number of aldehydes is 1. The Bertz CT molecular complexity index is 271. The molecule has 4 nitrogen and oxygen atoms in total. The summed E-state index contributed by atoms with van der Waals surface area (Å²) in [5, 5.41) is 0. The van der Waals surface area contributed by atoms with E-state index in [1.165, 1.54) is 0 Å². The van der Waals surface area contributed by atoms with Crippen molar-refractivity contribution in [3.05, 3.63) is 0 Å². The smallest absolute Gasteiger partial charge is 0.410 e. The van der Waals surface area contributed by atoms with Gasteiger partial charge in [-0.1, -0.05) is 12.8 Å².